The number of ether oxygens (including phenoxy) is 1. The van der Waals surface area contributed by atoms with E-state index >= 15 is 0 Å². The number of nitrogens with two attached hydrogens (primary N) is 1. The minimum atomic E-state index is -0.267. The van der Waals surface area contributed by atoms with Gasteiger partial charge in [-0.1, -0.05) is 12.8 Å². The van der Waals surface area contributed by atoms with Crippen molar-refractivity contribution >= 4 is 11.8 Å². The average Bonchev–Trinajstić information content (AvgIpc) is 2.27. The Morgan fingerprint density at radius 3 is 2.36 bits per heavy atom. The average molecular weight is 199 g/mol. The van der Waals surface area contributed by atoms with Crippen molar-refractivity contribution in [2.24, 2.45) is 17.6 Å². The molecule has 1 rings (SSSR count). The second-order valence-corrected chi connectivity index (χ2v) is 3.69. The minimum absolute atomic E-state index is 0.0138. The van der Waals surface area contributed by atoms with E-state index in [-0.39, 0.29) is 30.1 Å². The van der Waals surface area contributed by atoms with Gasteiger partial charge in [0, 0.05) is 5.92 Å². The SMILES string of the molecule is COC(=O)[C@@H]1CCCC[C@H]1C(=O)CN. The van der Waals surface area contributed by atoms with Crippen LogP contribution in [-0.2, 0) is 14.3 Å². The first-order valence-corrected chi connectivity index (χ1v) is 5.01. The summed E-state index contributed by atoms with van der Waals surface area (Å²) < 4.78 is 4.68. The molecule has 0 aromatic rings. The predicted octanol–water partition coefficient (Wildman–Crippen LogP) is 0.494. The zero-order valence-electron chi connectivity index (χ0n) is 8.49. The number of ketones is 1. The number of hydrogen-bond donors (Lipinski definition) is 1. The number of carbonyl (C=O) groups is 2. The Kier molecular flexibility index (Phi) is 4.07. The summed E-state index contributed by atoms with van der Waals surface area (Å²) in [4.78, 5) is 22.8. The topological polar surface area (TPSA) is 69.4 Å². The van der Waals surface area contributed by atoms with Crippen molar-refractivity contribution in [1.29, 1.82) is 0 Å². The first kappa shape index (κ1) is 11.2. The molecule has 0 radical (unpaired) electrons. The molecule has 14 heavy (non-hydrogen) atoms. The number of methoxy groups -OCH3 is 1. The summed E-state index contributed by atoms with van der Waals surface area (Å²) in [5.74, 6) is -0.748. The van der Waals surface area contributed by atoms with Gasteiger partial charge in [-0.3, -0.25) is 9.59 Å². The Morgan fingerprint density at radius 2 is 1.86 bits per heavy atom. The van der Waals surface area contributed by atoms with Crippen molar-refractivity contribution in [2.45, 2.75) is 25.7 Å². The van der Waals surface area contributed by atoms with E-state index in [1.807, 2.05) is 0 Å². The molecule has 1 saturated carbocycles. The van der Waals surface area contributed by atoms with Gasteiger partial charge in [-0.05, 0) is 12.8 Å². The molecule has 0 heterocycles. The van der Waals surface area contributed by atoms with Gasteiger partial charge in [0.1, 0.15) is 5.78 Å². The molecule has 0 amide bonds. The Bertz CT molecular complexity index is 203. The second-order valence-electron chi connectivity index (χ2n) is 3.69. The van der Waals surface area contributed by atoms with Gasteiger partial charge in [-0.2, -0.15) is 0 Å². The van der Waals surface area contributed by atoms with Crippen LogP contribution in [0, 0.1) is 11.8 Å². The van der Waals surface area contributed by atoms with Crippen LogP contribution in [0.4, 0.5) is 0 Å². The van der Waals surface area contributed by atoms with Crippen molar-refractivity contribution in [3.63, 3.8) is 0 Å². The number of esters is 1. The zero-order chi connectivity index (χ0) is 10.6. The van der Waals surface area contributed by atoms with Crippen molar-refractivity contribution in [2.75, 3.05) is 13.7 Å². The summed E-state index contributed by atoms with van der Waals surface area (Å²) in [6.07, 6.45) is 3.52. The lowest BCUT2D eigenvalue weighted by Crippen LogP contribution is -2.36. The molecule has 4 heteroatoms. The number of carbonyl (C=O) groups excluding carboxylic acids is 2. The molecule has 0 aliphatic heterocycles. The third-order valence-electron chi connectivity index (χ3n) is 2.88. The van der Waals surface area contributed by atoms with Crippen LogP contribution in [0.15, 0.2) is 0 Å². The fourth-order valence-electron chi connectivity index (χ4n) is 2.10. The van der Waals surface area contributed by atoms with Gasteiger partial charge < -0.3 is 10.5 Å². The number of rotatable bonds is 3. The summed E-state index contributed by atoms with van der Waals surface area (Å²) in [5.41, 5.74) is 5.31. The summed E-state index contributed by atoms with van der Waals surface area (Å²) in [6, 6.07) is 0. The first-order chi connectivity index (χ1) is 6.70. The van der Waals surface area contributed by atoms with Gasteiger partial charge in [-0.25, -0.2) is 0 Å². The van der Waals surface area contributed by atoms with Crippen LogP contribution in [-0.4, -0.2) is 25.4 Å². The highest BCUT2D eigenvalue weighted by Gasteiger charge is 2.35. The van der Waals surface area contributed by atoms with Crippen LogP contribution in [0.2, 0.25) is 0 Å². The maximum absolute atomic E-state index is 11.5. The Morgan fingerprint density at radius 1 is 1.29 bits per heavy atom. The Labute approximate surface area is 83.8 Å². The number of hydrogen-bond acceptors (Lipinski definition) is 4. The van der Waals surface area contributed by atoms with E-state index in [9.17, 15) is 9.59 Å². The lowest BCUT2D eigenvalue weighted by Gasteiger charge is -2.27. The van der Waals surface area contributed by atoms with Gasteiger partial charge in [-0.15, -0.1) is 0 Å². The van der Waals surface area contributed by atoms with Crippen molar-refractivity contribution in [1.82, 2.24) is 0 Å². The van der Waals surface area contributed by atoms with Crippen molar-refractivity contribution in [3.05, 3.63) is 0 Å². The van der Waals surface area contributed by atoms with Gasteiger partial charge >= 0.3 is 5.97 Å². The molecular weight excluding hydrogens is 182 g/mol. The molecule has 80 valence electrons. The Balaban J connectivity index is 2.68. The molecule has 0 aromatic carbocycles. The van der Waals surface area contributed by atoms with Gasteiger partial charge in [0.15, 0.2) is 0 Å². The van der Waals surface area contributed by atoms with Crippen molar-refractivity contribution < 1.29 is 14.3 Å². The summed E-state index contributed by atoms with van der Waals surface area (Å²) >= 11 is 0. The van der Waals surface area contributed by atoms with E-state index in [0.717, 1.165) is 25.7 Å². The van der Waals surface area contributed by atoms with Gasteiger partial charge in [0.2, 0.25) is 0 Å². The molecule has 0 spiro atoms. The molecule has 2 atom stereocenters. The monoisotopic (exact) mass is 199 g/mol. The first-order valence-electron chi connectivity index (χ1n) is 5.01. The molecule has 2 N–H and O–H groups in total. The standard InChI is InChI=1S/C10H17NO3/c1-14-10(13)8-5-3-2-4-7(8)9(12)6-11/h7-8H,2-6,11H2,1H3/t7-,8-/m1/s1. The fraction of sp³-hybridized carbons (Fsp3) is 0.800. The van der Waals surface area contributed by atoms with E-state index in [2.05, 4.69) is 4.74 Å². The highest BCUT2D eigenvalue weighted by atomic mass is 16.5. The van der Waals surface area contributed by atoms with Crippen LogP contribution in [0.3, 0.4) is 0 Å². The summed E-state index contributed by atoms with van der Waals surface area (Å²) in [6.45, 7) is 0.0260. The maximum Gasteiger partial charge on any atom is 0.309 e. The third kappa shape index (κ3) is 2.32. The van der Waals surface area contributed by atoms with Gasteiger partial charge in [0.25, 0.3) is 0 Å². The molecule has 0 saturated heterocycles. The van der Waals surface area contributed by atoms with E-state index < -0.39 is 0 Å². The van der Waals surface area contributed by atoms with Crippen LogP contribution in [0.5, 0.6) is 0 Å². The molecular formula is C10H17NO3. The second kappa shape index (κ2) is 5.10. The largest absolute Gasteiger partial charge is 0.469 e. The maximum atomic E-state index is 11.5. The van der Waals surface area contributed by atoms with Gasteiger partial charge in [0.05, 0.1) is 19.6 Å². The van der Waals surface area contributed by atoms with Crippen LogP contribution >= 0.6 is 0 Å². The lowest BCUT2D eigenvalue weighted by atomic mass is 9.77. The van der Waals surface area contributed by atoms with E-state index in [1.54, 1.807) is 0 Å². The molecule has 1 aliphatic rings. The fourth-order valence-corrected chi connectivity index (χ4v) is 2.10. The van der Waals surface area contributed by atoms with E-state index in [1.165, 1.54) is 7.11 Å². The molecule has 0 unspecified atom stereocenters. The predicted molar refractivity (Wildman–Crippen MR) is 51.5 cm³/mol. The molecule has 1 aliphatic carbocycles. The smallest absolute Gasteiger partial charge is 0.309 e. The summed E-state index contributed by atoms with van der Waals surface area (Å²) in [7, 11) is 1.36. The minimum Gasteiger partial charge on any atom is -0.469 e. The lowest BCUT2D eigenvalue weighted by molar-refractivity contribution is -0.151. The van der Waals surface area contributed by atoms with Crippen LogP contribution in [0.25, 0.3) is 0 Å². The molecule has 1 fully saturated rings. The molecule has 0 aromatic heterocycles. The van der Waals surface area contributed by atoms with Crippen molar-refractivity contribution in [3.8, 4) is 0 Å². The Hall–Kier alpha value is -0.900. The summed E-state index contributed by atoms with van der Waals surface area (Å²) in [5, 5.41) is 0. The van der Waals surface area contributed by atoms with E-state index in [0.29, 0.717) is 0 Å². The number of Topliss-reactive ketones (excluding diaryl/α,β-unsaturated/α-hetero) is 1. The highest BCUT2D eigenvalue weighted by molar-refractivity contribution is 5.88. The van der Waals surface area contributed by atoms with Crippen LogP contribution < -0.4 is 5.73 Å². The van der Waals surface area contributed by atoms with E-state index in [4.69, 9.17) is 5.73 Å². The quantitative estimate of drug-likeness (QED) is 0.672. The normalized spacial score (nSPS) is 27.0. The van der Waals surface area contributed by atoms with Crippen LogP contribution in [0.1, 0.15) is 25.7 Å². The molecule has 0 bridgehead atoms. The third-order valence-corrected chi connectivity index (χ3v) is 2.88. The highest BCUT2D eigenvalue weighted by Crippen LogP contribution is 2.31. The molecule has 4 nitrogen and oxygen atoms in total. The zero-order valence-corrected chi connectivity index (χ0v) is 8.49.